The number of nitrogens with zero attached hydrogens (tertiary/aromatic N) is 4. The maximum atomic E-state index is 12.5. The molecule has 7 heteroatoms. The average Bonchev–Trinajstić information content (AvgIpc) is 3.22. The number of H-pyrrole nitrogens is 1. The Balaban J connectivity index is 1.72. The fourth-order valence-corrected chi connectivity index (χ4v) is 3.80. The molecule has 1 atom stereocenters. The standard InChI is InChI=1S/C19H23N5O2/c1-19(2,26)15-9-6-10-23(15)12-16-21-17-14(18(25)22-16)11-20-24(17)13-7-4-3-5-8-13/h3-5,7-8,11,15,26H,6,9-10,12H2,1-2H3,(H,21,22,25). The first-order chi connectivity index (χ1) is 12.4. The van der Waals surface area contributed by atoms with Crippen molar-refractivity contribution in [2.75, 3.05) is 6.54 Å². The van der Waals surface area contributed by atoms with Crippen molar-refractivity contribution in [1.29, 1.82) is 0 Å². The minimum atomic E-state index is -0.785. The number of aromatic nitrogens is 4. The number of rotatable bonds is 4. The molecule has 0 spiro atoms. The predicted octanol–water partition coefficient (Wildman–Crippen LogP) is 1.84. The van der Waals surface area contributed by atoms with Crippen LogP contribution in [0.4, 0.5) is 0 Å². The second-order valence-electron chi connectivity index (χ2n) is 7.42. The lowest BCUT2D eigenvalue weighted by Gasteiger charge is -2.33. The molecule has 26 heavy (non-hydrogen) atoms. The SMILES string of the molecule is CC(C)(O)C1CCCN1Cc1nc2c(cnn2-c2ccccc2)c(=O)[nH]1. The molecule has 4 rings (SSSR count). The molecule has 136 valence electrons. The molecule has 1 unspecified atom stereocenters. The van der Waals surface area contributed by atoms with Gasteiger partial charge in [0, 0.05) is 6.04 Å². The summed E-state index contributed by atoms with van der Waals surface area (Å²) in [7, 11) is 0. The number of para-hydroxylation sites is 1. The Kier molecular flexibility index (Phi) is 4.13. The molecule has 0 saturated carbocycles. The van der Waals surface area contributed by atoms with Gasteiger partial charge in [0.2, 0.25) is 0 Å². The Morgan fingerprint density at radius 3 is 2.81 bits per heavy atom. The van der Waals surface area contributed by atoms with Crippen LogP contribution in [0.2, 0.25) is 0 Å². The normalized spacial score (nSPS) is 18.7. The van der Waals surface area contributed by atoms with Gasteiger partial charge in [-0.05, 0) is 45.4 Å². The Bertz CT molecular complexity index is 971. The van der Waals surface area contributed by atoms with Crippen LogP contribution in [0.1, 0.15) is 32.5 Å². The third-order valence-electron chi connectivity index (χ3n) is 5.02. The molecule has 1 aliphatic rings. The number of benzene rings is 1. The van der Waals surface area contributed by atoms with Crippen LogP contribution in [-0.2, 0) is 6.54 Å². The molecule has 1 aromatic carbocycles. The molecule has 7 nitrogen and oxygen atoms in total. The van der Waals surface area contributed by atoms with Gasteiger partial charge in [-0.2, -0.15) is 5.10 Å². The summed E-state index contributed by atoms with van der Waals surface area (Å²) in [5.41, 5.74) is 0.439. The molecule has 1 fully saturated rings. The fraction of sp³-hybridized carbons (Fsp3) is 0.421. The highest BCUT2D eigenvalue weighted by molar-refractivity contribution is 5.75. The Morgan fingerprint density at radius 2 is 2.08 bits per heavy atom. The minimum absolute atomic E-state index is 0.0579. The van der Waals surface area contributed by atoms with Crippen molar-refractivity contribution in [1.82, 2.24) is 24.6 Å². The molecule has 0 bridgehead atoms. The van der Waals surface area contributed by atoms with Gasteiger partial charge in [0.15, 0.2) is 5.65 Å². The third kappa shape index (κ3) is 3.04. The van der Waals surface area contributed by atoms with Crippen molar-refractivity contribution in [3.05, 3.63) is 52.7 Å². The lowest BCUT2D eigenvalue weighted by molar-refractivity contribution is -0.00573. The van der Waals surface area contributed by atoms with Crippen molar-refractivity contribution in [3.8, 4) is 5.69 Å². The van der Waals surface area contributed by atoms with Crippen molar-refractivity contribution in [2.24, 2.45) is 0 Å². The first-order valence-corrected chi connectivity index (χ1v) is 8.92. The number of nitrogens with one attached hydrogen (secondary N) is 1. The molecular formula is C19H23N5O2. The average molecular weight is 353 g/mol. The summed E-state index contributed by atoms with van der Waals surface area (Å²) in [6.07, 6.45) is 3.52. The van der Waals surface area contributed by atoms with Crippen molar-refractivity contribution in [2.45, 2.75) is 44.9 Å². The van der Waals surface area contributed by atoms with E-state index < -0.39 is 5.60 Å². The number of hydrogen-bond acceptors (Lipinski definition) is 5. The molecule has 3 aromatic rings. The highest BCUT2D eigenvalue weighted by Crippen LogP contribution is 2.27. The zero-order chi connectivity index (χ0) is 18.3. The van der Waals surface area contributed by atoms with Gasteiger partial charge in [-0.25, -0.2) is 9.67 Å². The Labute approximate surface area is 151 Å². The quantitative estimate of drug-likeness (QED) is 0.747. The highest BCUT2D eigenvalue weighted by Gasteiger charge is 2.36. The van der Waals surface area contributed by atoms with E-state index in [9.17, 15) is 9.90 Å². The van der Waals surface area contributed by atoms with E-state index in [-0.39, 0.29) is 11.6 Å². The van der Waals surface area contributed by atoms with Crippen LogP contribution in [0.15, 0.2) is 41.3 Å². The first-order valence-electron chi connectivity index (χ1n) is 8.92. The molecule has 1 aliphatic heterocycles. The van der Waals surface area contributed by atoms with E-state index in [1.165, 1.54) is 0 Å². The zero-order valence-corrected chi connectivity index (χ0v) is 15.0. The van der Waals surface area contributed by atoms with E-state index >= 15 is 0 Å². The van der Waals surface area contributed by atoms with Crippen molar-refractivity contribution >= 4 is 11.0 Å². The second kappa shape index (κ2) is 6.34. The molecular weight excluding hydrogens is 330 g/mol. The van der Waals surface area contributed by atoms with Crippen molar-refractivity contribution < 1.29 is 5.11 Å². The van der Waals surface area contributed by atoms with Gasteiger partial charge in [-0.3, -0.25) is 9.69 Å². The van der Waals surface area contributed by atoms with Gasteiger partial charge < -0.3 is 10.1 Å². The summed E-state index contributed by atoms with van der Waals surface area (Å²) < 4.78 is 1.69. The van der Waals surface area contributed by atoms with E-state index in [0.717, 1.165) is 25.1 Å². The van der Waals surface area contributed by atoms with E-state index in [0.29, 0.717) is 23.4 Å². The van der Waals surface area contributed by atoms with Gasteiger partial charge in [0.25, 0.3) is 5.56 Å². The smallest absolute Gasteiger partial charge is 0.262 e. The fourth-order valence-electron chi connectivity index (χ4n) is 3.80. The Morgan fingerprint density at radius 1 is 1.31 bits per heavy atom. The number of likely N-dealkylation sites (tertiary alicyclic amines) is 1. The van der Waals surface area contributed by atoms with Crippen LogP contribution in [-0.4, -0.2) is 47.9 Å². The molecule has 2 aromatic heterocycles. The van der Waals surface area contributed by atoms with Gasteiger partial charge in [0.1, 0.15) is 11.2 Å². The van der Waals surface area contributed by atoms with Gasteiger partial charge in [0.05, 0.1) is 24.0 Å². The lowest BCUT2D eigenvalue weighted by atomic mass is 9.97. The summed E-state index contributed by atoms with van der Waals surface area (Å²) in [5, 5.41) is 15.2. The van der Waals surface area contributed by atoms with Crippen LogP contribution in [0.3, 0.4) is 0 Å². The number of hydrogen-bond donors (Lipinski definition) is 2. The molecule has 3 heterocycles. The van der Waals surface area contributed by atoms with Crippen molar-refractivity contribution in [3.63, 3.8) is 0 Å². The first kappa shape index (κ1) is 16.9. The number of aliphatic hydroxyl groups is 1. The maximum Gasteiger partial charge on any atom is 0.262 e. The van der Waals surface area contributed by atoms with Crippen LogP contribution < -0.4 is 5.56 Å². The van der Waals surface area contributed by atoms with E-state index in [1.807, 2.05) is 44.2 Å². The summed E-state index contributed by atoms with van der Waals surface area (Å²) in [6.45, 7) is 5.05. The second-order valence-corrected chi connectivity index (χ2v) is 7.42. The van der Waals surface area contributed by atoms with Gasteiger partial charge in [-0.15, -0.1) is 0 Å². The summed E-state index contributed by atoms with van der Waals surface area (Å²) in [6, 6.07) is 9.71. The number of fused-ring (bicyclic) bond motifs is 1. The molecule has 1 saturated heterocycles. The number of aromatic amines is 1. The van der Waals surface area contributed by atoms with E-state index in [1.54, 1.807) is 10.9 Å². The molecule has 2 N–H and O–H groups in total. The molecule has 0 radical (unpaired) electrons. The zero-order valence-electron chi connectivity index (χ0n) is 15.0. The predicted molar refractivity (Wildman–Crippen MR) is 99.2 cm³/mol. The largest absolute Gasteiger partial charge is 0.389 e. The topological polar surface area (TPSA) is 87.0 Å². The molecule has 0 aliphatic carbocycles. The molecule has 0 amide bonds. The maximum absolute atomic E-state index is 12.5. The summed E-state index contributed by atoms with van der Waals surface area (Å²) in [5.74, 6) is 0.594. The van der Waals surface area contributed by atoms with Crippen LogP contribution in [0, 0.1) is 0 Å². The highest BCUT2D eigenvalue weighted by atomic mass is 16.3. The summed E-state index contributed by atoms with van der Waals surface area (Å²) in [4.78, 5) is 22.2. The van der Waals surface area contributed by atoms with E-state index in [4.69, 9.17) is 0 Å². The summed E-state index contributed by atoms with van der Waals surface area (Å²) >= 11 is 0. The van der Waals surface area contributed by atoms with Crippen LogP contribution >= 0.6 is 0 Å². The van der Waals surface area contributed by atoms with E-state index in [2.05, 4.69) is 20.0 Å². The van der Waals surface area contributed by atoms with Crippen LogP contribution in [0.5, 0.6) is 0 Å². The Hall–Kier alpha value is -2.51. The van der Waals surface area contributed by atoms with Crippen LogP contribution in [0.25, 0.3) is 16.7 Å². The minimum Gasteiger partial charge on any atom is -0.389 e. The van der Waals surface area contributed by atoms with Gasteiger partial charge >= 0.3 is 0 Å². The monoisotopic (exact) mass is 353 g/mol. The lowest BCUT2D eigenvalue weighted by Crippen LogP contribution is -2.45. The van der Waals surface area contributed by atoms with Gasteiger partial charge in [-0.1, -0.05) is 18.2 Å². The third-order valence-corrected chi connectivity index (χ3v) is 5.02.